The first-order valence-corrected chi connectivity index (χ1v) is 8.82. The van der Waals surface area contributed by atoms with Crippen LogP contribution in [0.1, 0.15) is 40.2 Å². The van der Waals surface area contributed by atoms with E-state index < -0.39 is 0 Å². The van der Waals surface area contributed by atoms with Gasteiger partial charge < -0.3 is 9.73 Å². The summed E-state index contributed by atoms with van der Waals surface area (Å²) in [6.45, 7) is 6.12. The van der Waals surface area contributed by atoms with E-state index in [0.717, 1.165) is 27.3 Å². The average Bonchev–Trinajstić information content (AvgIpc) is 3.08. The first-order valence-electron chi connectivity index (χ1n) is 8.82. The maximum absolute atomic E-state index is 12.7. The van der Waals surface area contributed by atoms with E-state index in [0.29, 0.717) is 5.76 Å². The maximum atomic E-state index is 12.7. The van der Waals surface area contributed by atoms with Crippen LogP contribution in [-0.2, 0) is 0 Å². The topological polar surface area (TPSA) is 42.2 Å². The van der Waals surface area contributed by atoms with Crippen molar-refractivity contribution >= 4 is 27.6 Å². The molecular weight excluding hydrogens is 322 g/mol. The lowest BCUT2D eigenvalue weighted by molar-refractivity contribution is 0.0914. The molecule has 26 heavy (non-hydrogen) atoms. The molecule has 1 amide bonds. The zero-order valence-electron chi connectivity index (χ0n) is 15.2. The summed E-state index contributed by atoms with van der Waals surface area (Å²) in [5.74, 6) is 0.146. The molecule has 130 valence electrons. The van der Waals surface area contributed by atoms with Crippen molar-refractivity contribution in [2.45, 2.75) is 26.8 Å². The predicted molar refractivity (Wildman–Crippen MR) is 106 cm³/mol. The Hall–Kier alpha value is -3.07. The van der Waals surface area contributed by atoms with Gasteiger partial charge in [0.1, 0.15) is 5.58 Å². The second-order valence-corrected chi connectivity index (χ2v) is 6.86. The minimum atomic E-state index is -0.196. The van der Waals surface area contributed by atoms with Gasteiger partial charge >= 0.3 is 0 Å². The first-order chi connectivity index (χ1) is 12.5. The molecule has 4 aromatic rings. The molecule has 0 fully saturated rings. The zero-order chi connectivity index (χ0) is 18.3. The highest BCUT2D eigenvalue weighted by Gasteiger charge is 2.17. The maximum Gasteiger partial charge on any atom is 0.287 e. The molecule has 3 heteroatoms. The number of carbonyl (C=O) groups excluding carboxylic acids is 1. The van der Waals surface area contributed by atoms with Gasteiger partial charge in [0.05, 0.1) is 6.04 Å². The van der Waals surface area contributed by atoms with Gasteiger partial charge in [-0.1, -0.05) is 54.1 Å². The van der Waals surface area contributed by atoms with Crippen LogP contribution in [0.4, 0.5) is 0 Å². The molecule has 0 aliphatic heterocycles. The summed E-state index contributed by atoms with van der Waals surface area (Å²) >= 11 is 0. The highest BCUT2D eigenvalue weighted by molar-refractivity contribution is 6.08. The summed E-state index contributed by atoms with van der Waals surface area (Å²) in [5.41, 5.74) is 4.20. The van der Waals surface area contributed by atoms with E-state index in [4.69, 9.17) is 4.42 Å². The standard InChI is InChI=1S/C23H21NO2/c1-14-8-9-15(2)19(12-14)16(3)24-23(25)22-13-20-18-7-5-4-6-17(18)10-11-21(20)26-22/h4-13,16H,1-3H3,(H,24,25)/t16-/m1/s1. The smallest absolute Gasteiger partial charge is 0.287 e. The Balaban J connectivity index is 1.66. The minimum absolute atomic E-state index is 0.0904. The van der Waals surface area contributed by atoms with Crippen LogP contribution in [-0.4, -0.2) is 5.91 Å². The quantitative estimate of drug-likeness (QED) is 0.519. The summed E-state index contributed by atoms with van der Waals surface area (Å²) in [6, 6.07) is 20.1. The van der Waals surface area contributed by atoms with Crippen molar-refractivity contribution in [2.24, 2.45) is 0 Å². The molecule has 0 unspecified atom stereocenters. The highest BCUT2D eigenvalue weighted by Crippen LogP contribution is 2.28. The molecule has 1 heterocycles. The normalized spacial score (nSPS) is 12.4. The molecule has 1 atom stereocenters. The van der Waals surface area contributed by atoms with Crippen LogP contribution in [0.15, 0.2) is 65.1 Å². The van der Waals surface area contributed by atoms with Gasteiger partial charge in [-0.2, -0.15) is 0 Å². The van der Waals surface area contributed by atoms with E-state index in [1.165, 1.54) is 11.1 Å². The fourth-order valence-corrected chi connectivity index (χ4v) is 3.48. The van der Waals surface area contributed by atoms with E-state index in [2.05, 4.69) is 43.4 Å². The van der Waals surface area contributed by atoms with Gasteiger partial charge in [0.2, 0.25) is 0 Å². The van der Waals surface area contributed by atoms with Gasteiger partial charge in [0, 0.05) is 5.39 Å². The Bertz CT molecular complexity index is 1120. The summed E-state index contributed by atoms with van der Waals surface area (Å²) in [5, 5.41) is 6.25. The van der Waals surface area contributed by atoms with Crippen LogP contribution in [0.25, 0.3) is 21.7 Å². The lowest BCUT2D eigenvalue weighted by atomic mass is 10.00. The summed E-state index contributed by atoms with van der Waals surface area (Å²) in [4.78, 5) is 12.7. The number of hydrogen-bond donors (Lipinski definition) is 1. The Morgan fingerprint density at radius 2 is 1.77 bits per heavy atom. The predicted octanol–water partition coefficient (Wildman–Crippen LogP) is 5.69. The first kappa shape index (κ1) is 16.4. The average molecular weight is 343 g/mol. The highest BCUT2D eigenvalue weighted by atomic mass is 16.3. The number of rotatable bonds is 3. The molecule has 0 aliphatic carbocycles. The number of furan rings is 1. The fourth-order valence-electron chi connectivity index (χ4n) is 3.48. The minimum Gasteiger partial charge on any atom is -0.451 e. The van der Waals surface area contributed by atoms with Gasteiger partial charge in [0.25, 0.3) is 5.91 Å². The molecule has 3 aromatic carbocycles. The van der Waals surface area contributed by atoms with Crippen molar-refractivity contribution in [3.05, 3.63) is 83.1 Å². The van der Waals surface area contributed by atoms with Crippen LogP contribution in [0.3, 0.4) is 0 Å². The van der Waals surface area contributed by atoms with Crippen molar-refractivity contribution in [2.75, 3.05) is 0 Å². The molecule has 3 nitrogen and oxygen atoms in total. The molecule has 0 radical (unpaired) electrons. The third-order valence-electron chi connectivity index (χ3n) is 4.90. The molecule has 4 rings (SSSR count). The molecule has 0 saturated heterocycles. The zero-order valence-corrected chi connectivity index (χ0v) is 15.2. The van der Waals surface area contributed by atoms with Gasteiger partial charge in [0.15, 0.2) is 5.76 Å². The third kappa shape index (κ3) is 2.86. The lowest BCUT2D eigenvalue weighted by Gasteiger charge is -2.16. The van der Waals surface area contributed by atoms with E-state index in [-0.39, 0.29) is 11.9 Å². The van der Waals surface area contributed by atoms with E-state index in [9.17, 15) is 4.79 Å². The van der Waals surface area contributed by atoms with E-state index in [1.807, 2.05) is 43.3 Å². The number of nitrogens with one attached hydrogen (secondary N) is 1. The third-order valence-corrected chi connectivity index (χ3v) is 4.90. The second kappa shape index (κ2) is 6.34. The monoisotopic (exact) mass is 343 g/mol. The van der Waals surface area contributed by atoms with Crippen LogP contribution >= 0.6 is 0 Å². The largest absolute Gasteiger partial charge is 0.451 e. The molecular formula is C23H21NO2. The van der Waals surface area contributed by atoms with Crippen LogP contribution in [0.2, 0.25) is 0 Å². The number of aryl methyl sites for hydroxylation is 2. The summed E-state index contributed by atoms with van der Waals surface area (Å²) in [6.07, 6.45) is 0. The van der Waals surface area contributed by atoms with E-state index >= 15 is 0 Å². The number of carbonyl (C=O) groups is 1. The van der Waals surface area contributed by atoms with Crippen molar-refractivity contribution in [3.63, 3.8) is 0 Å². The Kier molecular flexibility index (Phi) is 4.00. The lowest BCUT2D eigenvalue weighted by Crippen LogP contribution is -2.26. The van der Waals surface area contributed by atoms with Gasteiger partial charge in [-0.15, -0.1) is 0 Å². The molecule has 0 saturated carbocycles. The van der Waals surface area contributed by atoms with Gasteiger partial charge in [-0.3, -0.25) is 4.79 Å². The van der Waals surface area contributed by atoms with E-state index in [1.54, 1.807) is 0 Å². The van der Waals surface area contributed by atoms with Crippen molar-refractivity contribution in [1.82, 2.24) is 5.32 Å². The Morgan fingerprint density at radius 1 is 0.962 bits per heavy atom. The molecule has 1 aromatic heterocycles. The number of benzene rings is 3. The summed E-state index contributed by atoms with van der Waals surface area (Å²) in [7, 11) is 0. The number of fused-ring (bicyclic) bond motifs is 3. The fraction of sp³-hybridized carbons (Fsp3) is 0.174. The van der Waals surface area contributed by atoms with Crippen LogP contribution < -0.4 is 5.32 Å². The SMILES string of the molecule is Cc1ccc(C)c([C@@H](C)NC(=O)c2cc3c(ccc4ccccc43)o2)c1. The van der Waals surface area contributed by atoms with Crippen LogP contribution in [0.5, 0.6) is 0 Å². The second-order valence-electron chi connectivity index (χ2n) is 6.86. The van der Waals surface area contributed by atoms with Gasteiger partial charge in [-0.05, 0) is 54.8 Å². The number of hydrogen-bond acceptors (Lipinski definition) is 2. The Morgan fingerprint density at radius 3 is 2.62 bits per heavy atom. The molecule has 0 spiro atoms. The Labute approximate surface area is 152 Å². The van der Waals surface area contributed by atoms with Crippen LogP contribution in [0, 0.1) is 13.8 Å². The van der Waals surface area contributed by atoms with Crippen molar-refractivity contribution < 1.29 is 9.21 Å². The summed E-state index contributed by atoms with van der Waals surface area (Å²) < 4.78 is 5.82. The van der Waals surface area contributed by atoms with Crippen molar-refractivity contribution in [3.8, 4) is 0 Å². The molecule has 0 aliphatic rings. The number of amides is 1. The molecule has 1 N–H and O–H groups in total. The van der Waals surface area contributed by atoms with Crippen molar-refractivity contribution in [1.29, 1.82) is 0 Å². The molecule has 0 bridgehead atoms. The van der Waals surface area contributed by atoms with Gasteiger partial charge in [-0.25, -0.2) is 0 Å².